The van der Waals surface area contributed by atoms with Crippen molar-refractivity contribution in [2.24, 2.45) is 5.73 Å². The van der Waals surface area contributed by atoms with Crippen LogP contribution in [0.3, 0.4) is 0 Å². The number of benzene rings is 1. The summed E-state index contributed by atoms with van der Waals surface area (Å²) in [6.07, 6.45) is 2.02. The number of hydrogen-bond donors (Lipinski definition) is 1. The lowest BCUT2D eigenvalue weighted by molar-refractivity contribution is 0.603. The molecule has 1 aromatic carbocycles. The molecule has 0 aliphatic carbocycles. The normalized spacial score (nSPS) is 11.7. The van der Waals surface area contributed by atoms with E-state index in [0.29, 0.717) is 17.3 Å². The standard InChI is InChI=1S/C11H16ClNO2S2/c1-17(14,15)7-6-16-11-8-10(12)3-2-9(11)4-5-13/h2-3,8H,4-7,13H2,1H3. The summed E-state index contributed by atoms with van der Waals surface area (Å²) in [6, 6.07) is 5.63. The Bertz CT molecular complexity index is 474. The summed E-state index contributed by atoms with van der Waals surface area (Å²) in [5.41, 5.74) is 6.65. The second-order valence-corrected chi connectivity index (χ2v) is 7.60. The number of nitrogens with two attached hydrogens (primary N) is 1. The van der Waals surface area contributed by atoms with Crippen LogP contribution in [0.2, 0.25) is 5.02 Å². The average molecular weight is 294 g/mol. The first-order chi connectivity index (χ1) is 7.92. The lowest BCUT2D eigenvalue weighted by Crippen LogP contribution is -2.06. The van der Waals surface area contributed by atoms with Crippen molar-refractivity contribution in [1.82, 2.24) is 0 Å². The Balaban J connectivity index is 2.71. The van der Waals surface area contributed by atoms with Gasteiger partial charge < -0.3 is 5.73 Å². The molecule has 1 rings (SSSR count). The van der Waals surface area contributed by atoms with Crippen LogP contribution in [0.15, 0.2) is 23.1 Å². The molecule has 0 aliphatic heterocycles. The van der Waals surface area contributed by atoms with Crippen molar-refractivity contribution < 1.29 is 8.42 Å². The van der Waals surface area contributed by atoms with Gasteiger partial charge in [-0.15, -0.1) is 11.8 Å². The van der Waals surface area contributed by atoms with Gasteiger partial charge in [0.15, 0.2) is 0 Å². The zero-order valence-electron chi connectivity index (χ0n) is 9.65. The number of halogens is 1. The summed E-state index contributed by atoms with van der Waals surface area (Å²) in [5, 5.41) is 0.660. The quantitative estimate of drug-likeness (QED) is 0.815. The van der Waals surface area contributed by atoms with Crippen molar-refractivity contribution in [3.63, 3.8) is 0 Å². The van der Waals surface area contributed by atoms with Gasteiger partial charge in [0.2, 0.25) is 0 Å². The summed E-state index contributed by atoms with van der Waals surface area (Å²) < 4.78 is 22.1. The molecule has 0 saturated carbocycles. The first kappa shape index (κ1) is 14.8. The van der Waals surface area contributed by atoms with Gasteiger partial charge in [-0.25, -0.2) is 8.42 Å². The maximum atomic E-state index is 11.0. The van der Waals surface area contributed by atoms with Crippen LogP contribution in [0, 0.1) is 0 Å². The Morgan fingerprint density at radius 1 is 1.41 bits per heavy atom. The third-order valence-corrected chi connectivity index (χ3v) is 4.69. The Morgan fingerprint density at radius 3 is 2.71 bits per heavy atom. The third kappa shape index (κ3) is 5.77. The highest BCUT2D eigenvalue weighted by Gasteiger charge is 2.06. The van der Waals surface area contributed by atoms with Gasteiger partial charge in [-0.1, -0.05) is 17.7 Å². The molecule has 0 radical (unpaired) electrons. The molecule has 0 fully saturated rings. The molecular formula is C11H16ClNO2S2. The fourth-order valence-corrected chi connectivity index (χ4v) is 3.89. The predicted molar refractivity (Wildman–Crippen MR) is 74.6 cm³/mol. The molecule has 0 heterocycles. The molecule has 0 aliphatic rings. The Hall–Kier alpha value is -0.230. The van der Waals surface area contributed by atoms with Gasteiger partial charge in [-0.05, 0) is 30.7 Å². The topological polar surface area (TPSA) is 60.2 Å². The van der Waals surface area contributed by atoms with E-state index in [-0.39, 0.29) is 5.75 Å². The van der Waals surface area contributed by atoms with Gasteiger partial charge in [0.25, 0.3) is 0 Å². The van der Waals surface area contributed by atoms with Gasteiger partial charge in [0.1, 0.15) is 9.84 Å². The zero-order valence-corrected chi connectivity index (χ0v) is 12.0. The van der Waals surface area contributed by atoms with Crippen LogP contribution in [0.5, 0.6) is 0 Å². The number of sulfone groups is 1. The lowest BCUT2D eigenvalue weighted by Gasteiger charge is -2.08. The van der Waals surface area contributed by atoms with Crippen LogP contribution in [0.25, 0.3) is 0 Å². The van der Waals surface area contributed by atoms with Crippen LogP contribution in [0.4, 0.5) is 0 Å². The minimum Gasteiger partial charge on any atom is -0.330 e. The highest BCUT2D eigenvalue weighted by molar-refractivity contribution is 8.00. The molecule has 96 valence electrons. The molecule has 2 N–H and O–H groups in total. The van der Waals surface area contributed by atoms with Crippen molar-refractivity contribution in [2.75, 3.05) is 24.3 Å². The highest BCUT2D eigenvalue weighted by atomic mass is 35.5. The molecule has 3 nitrogen and oxygen atoms in total. The predicted octanol–water partition coefficient (Wildman–Crippen LogP) is 1.98. The van der Waals surface area contributed by atoms with Gasteiger partial charge in [-0.3, -0.25) is 0 Å². The van der Waals surface area contributed by atoms with Crippen molar-refractivity contribution in [2.45, 2.75) is 11.3 Å². The van der Waals surface area contributed by atoms with E-state index in [1.807, 2.05) is 18.2 Å². The largest absolute Gasteiger partial charge is 0.330 e. The molecule has 0 unspecified atom stereocenters. The monoisotopic (exact) mass is 293 g/mol. The van der Waals surface area contributed by atoms with Crippen LogP contribution >= 0.6 is 23.4 Å². The zero-order chi connectivity index (χ0) is 12.9. The van der Waals surface area contributed by atoms with Gasteiger partial charge in [0.05, 0.1) is 5.75 Å². The van der Waals surface area contributed by atoms with Crippen LogP contribution in [-0.4, -0.2) is 32.7 Å². The average Bonchev–Trinajstić information content (AvgIpc) is 2.20. The number of hydrogen-bond acceptors (Lipinski definition) is 4. The van der Waals surface area contributed by atoms with Gasteiger partial charge in [0, 0.05) is 21.9 Å². The SMILES string of the molecule is CS(=O)(=O)CCSc1cc(Cl)ccc1CCN. The summed E-state index contributed by atoms with van der Waals surface area (Å²) in [7, 11) is -2.91. The molecular weight excluding hydrogens is 278 g/mol. The van der Waals surface area contributed by atoms with E-state index in [0.717, 1.165) is 16.9 Å². The molecule has 1 aromatic rings. The van der Waals surface area contributed by atoms with Gasteiger partial charge >= 0.3 is 0 Å². The summed E-state index contributed by atoms with van der Waals surface area (Å²) in [4.78, 5) is 1.02. The van der Waals surface area contributed by atoms with E-state index < -0.39 is 9.84 Å². The summed E-state index contributed by atoms with van der Waals surface area (Å²) in [6.45, 7) is 0.571. The van der Waals surface area contributed by atoms with E-state index in [1.165, 1.54) is 18.0 Å². The molecule has 17 heavy (non-hydrogen) atoms. The van der Waals surface area contributed by atoms with E-state index >= 15 is 0 Å². The highest BCUT2D eigenvalue weighted by Crippen LogP contribution is 2.26. The maximum absolute atomic E-state index is 11.0. The Labute approximate surface area is 112 Å². The smallest absolute Gasteiger partial charge is 0.148 e. The summed E-state index contributed by atoms with van der Waals surface area (Å²) in [5.74, 6) is 0.711. The molecule has 0 amide bonds. The number of thioether (sulfide) groups is 1. The third-order valence-electron chi connectivity index (χ3n) is 2.15. The van der Waals surface area contributed by atoms with Crippen molar-refractivity contribution in [1.29, 1.82) is 0 Å². The van der Waals surface area contributed by atoms with Crippen molar-refractivity contribution >= 4 is 33.2 Å². The van der Waals surface area contributed by atoms with E-state index in [4.69, 9.17) is 17.3 Å². The van der Waals surface area contributed by atoms with Crippen molar-refractivity contribution in [3.8, 4) is 0 Å². The first-order valence-corrected chi connectivity index (χ1v) is 8.64. The van der Waals surface area contributed by atoms with Crippen LogP contribution in [-0.2, 0) is 16.3 Å². The van der Waals surface area contributed by atoms with Crippen LogP contribution < -0.4 is 5.73 Å². The van der Waals surface area contributed by atoms with Crippen molar-refractivity contribution in [3.05, 3.63) is 28.8 Å². The minimum absolute atomic E-state index is 0.173. The molecule has 0 atom stereocenters. The molecule has 0 aromatic heterocycles. The lowest BCUT2D eigenvalue weighted by atomic mass is 10.1. The number of rotatable bonds is 6. The Morgan fingerprint density at radius 2 is 2.12 bits per heavy atom. The fourth-order valence-electron chi connectivity index (χ4n) is 1.33. The molecule has 0 saturated heterocycles. The van der Waals surface area contributed by atoms with E-state index in [1.54, 1.807) is 0 Å². The van der Waals surface area contributed by atoms with E-state index in [2.05, 4.69) is 0 Å². The minimum atomic E-state index is -2.91. The maximum Gasteiger partial charge on any atom is 0.148 e. The van der Waals surface area contributed by atoms with E-state index in [9.17, 15) is 8.42 Å². The second kappa shape index (κ2) is 6.64. The molecule has 6 heteroatoms. The van der Waals surface area contributed by atoms with Gasteiger partial charge in [-0.2, -0.15) is 0 Å². The second-order valence-electron chi connectivity index (χ2n) is 3.77. The molecule has 0 bridgehead atoms. The Kier molecular flexibility index (Phi) is 5.79. The summed E-state index contributed by atoms with van der Waals surface area (Å²) >= 11 is 7.43. The molecule has 0 spiro atoms. The first-order valence-electron chi connectivity index (χ1n) is 5.21. The fraction of sp³-hybridized carbons (Fsp3) is 0.455. The van der Waals surface area contributed by atoms with Crippen LogP contribution in [0.1, 0.15) is 5.56 Å².